The molecule has 0 aromatic rings. The fourth-order valence-corrected chi connectivity index (χ4v) is 5.47. The van der Waals surface area contributed by atoms with Crippen LogP contribution < -0.4 is 16.4 Å². The molecule has 4 rings (SSSR count). The van der Waals surface area contributed by atoms with Gasteiger partial charge in [-0.25, -0.2) is 4.99 Å². The van der Waals surface area contributed by atoms with E-state index in [0.29, 0.717) is 0 Å². The number of carbonyl (C=O) groups is 1. The van der Waals surface area contributed by atoms with Gasteiger partial charge in [0.15, 0.2) is 12.6 Å². The third-order valence-electron chi connectivity index (χ3n) is 7.54. The molecule has 3 fully saturated rings. The first-order valence-electron chi connectivity index (χ1n) is 12.7. The molecule has 0 radical (unpaired) electrons. The molecule has 1 saturated carbocycles. The van der Waals surface area contributed by atoms with Crippen LogP contribution in [0.5, 0.6) is 0 Å². The van der Waals surface area contributed by atoms with Gasteiger partial charge < -0.3 is 75.8 Å². The van der Waals surface area contributed by atoms with Crippen LogP contribution in [0.3, 0.4) is 0 Å². The number of nitrogens with one attached hydrogen (secondary N) is 2. The second-order valence-electron chi connectivity index (χ2n) is 10.0. The number of aliphatic hydroxyl groups is 7. The molecule has 0 aromatic carbocycles. The number of amides is 1. The summed E-state index contributed by atoms with van der Waals surface area (Å²) in [5.74, 6) is -1.33. The predicted octanol–water partition coefficient (Wildman–Crippen LogP) is -6.57. The first-order chi connectivity index (χ1) is 18.6. The number of carbonyl (C=O) groups excluding carboxylic acids is 1. The highest BCUT2D eigenvalue weighted by atomic mass is 16.7. The van der Waals surface area contributed by atoms with Gasteiger partial charge in [-0.15, -0.1) is 0 Å². The van der Waals surface area contributed by atoms with Crippen LogP contribution >= 0.6 is 0 Å². The molecule has 3 aliphatic heterocycles. The Balaban J connectivity index is 1.54. The van der Waals surface area contributed by atoms with Gasteiger partial charge >= 0.3 is 0 Å². The molecule has 1 aliphatic carbocycles. The van der Waals surface area contributed by atoms with Gasteiger partial charge in [-0.3, -0.25) is 4.79 Å². The number of aliphatic hydroxyl groups excluding tert-OH is 7. The molecule has 2 saturated heterocycles. The summed E-state index contributed by atoms with van der Waals surface area (Å²) in [6.07, 6.45) is -14.5. The van der Waals surface area contributed by atoms with Gasteiger partial charge in [0.2, 0.25) is 5.91 Å². The van der Waals surface area contributed by atoms with Crippen molar-refractivity contribution in [3.63, 3.8) is 0 Å². The van der Waals surface area contributed by atoms with Crippen molar-refractivity contribution in [2.75, 3.05) is 26.9 Å². The van der Waals surface area contributed by atoms with Crippen LogP contribution in [0.4, 0.5) is 0 Å². The molecule has 4 aliphatic rings. The number of nitrogens with zero attached hydrogens (tertiary/aromatic N) is 1. The zero-order chi connectivity index (χ0) is 28.6. The van der Waals surface area contributed by atoms with E-state index in [4.69, 9.17) is 29.4 Å². The molecule has 1 amide bonds. The molecule has 39 heavy (non-hydrogen) atoms. The Morgan fingerprint density at radius 3 is 2.15 bits per heavy atom. The average Bonchev–Trinajstić information content (AvgIpc) is 3.44. The second kappa shape index (κ2) is 12.4. The van der Waals surface area contributed by atoms with E-state index in [1.807, 2.05) is 0 Å². The minimum absolute atomic E-state index is 0.200. The summed E-state index contributed by atoms with van der Waals surface area (Å²) in [6, 6.07) is -3.16. The number of hydrogen-bond donors (Lipinski definition) is 10. The quantitative estimate of drug-likeness (QED) is 0.131. The van der Waals surface area contributed by atoms with Gasteiger partial charge in [0.25, 0.3) is 6.02 Å². The monoisotopic (exact) mass is 566 g/mol. The fourth-order valence-electron chi connectivity index (χ4n) is 5.47. The highest BCUT2D eigenvalue weighted by molar-refractivity contribution is 5.75. The van der Waals surface area contributed by atoms with E-state index in [-0.39, 0.29) is 6.02 Å². The van der Waals surface area contributed by atoms with E-state index in [0.717, 1.165) is 0 Å². The van der Waals surface area contributed by atoms with Gasteiger partial charge in [-0.05, 0) is 0 Å². The normalized spacial score (nSPS) is 47.7. The van der Waals surface area contributed by atoms with Crippen molar-refractivity contribution in [2.24, 2.45) is 16.6 Å². The molecule has 3 heterocycles. The maximum Gasteiger partial charge on any atom is 0.285 e. The summed E-state index contributed by atoms with van der Waals surface area (Å²) in [5.41, 5.74) is 5.94. The first kappa shape index (κ1) is 30.2. The van der Waals surface area contributed by atoms with Crippen molar-refractivity contribution >= 4 is 11.9 Å². The third kappa shape index (κ3) is 5.72. The molecule has 15 atom stereocenters. The predicted molar refractivity (Wildman–Crippen MR) is 127 cm³/mol. The van der Waals surface area contributed by atoms with Crippen molar-refractivity contribution < 1.29 is 64.2 Å². The van der Waals surface area contributed by atoms with Gasteiger partial charge in [0, 0.05) is 14.0 Å². The Morgan fingerprint density at radius 2 is 1.56 bits per heavy atom. The van der Waals surface area contributed by atoms with Crippen molar-refractivity contribution in [1.29, 1.82) is 0 Å². The number of amidine groups is 1. The number of hydrogen-bond acceptors (Lipinski definition) is 16. The number of rotatable bonds is 8. The van der Waals surface area contributed by atoms with E-state index in [2.05, 4.69) is 15.6 Å². The Bertz CT molecular complexity index is 883. The zero-order valence-electron chi connectivity index (χ0n) is 21.4. The van der Waals surface area contributed by atoms with Crippen molar-refractivity contribution in [3.8, 4) is 0 Å². The second-order valence-corrected chi connectivity index (χ2v) is 10.0. The van der Waals surface area contributed by atoms with Crippen LogP contribution in [0.25, 0.3) is 0 Å². The Kier molecular flexibility index (Phi) is 9.62. The molecule has 0 spiro atoms. The topological polar surface area (TPSA) is 267 Å². The van der Waals surface area contributed by atoms with Gasteiger partial charge in [0.1, 0.15) is 60.9 Å². The summed E-state index contributed by atoms with van der Waals surface area (Å²) in [6.45, 7) is -0.619. The van der Waals surface area contributed by atoms with E-state index in [1.54, 1.807) is 7.05 Å². The lowest BCUT2D eigenvalue weighted by Gasteiger charge is -2.48. The Hall–Kier alpha value is -1.74. The maximum absolute atomic E-state index is 12.0. The highest BCUT2D eigenvalue weighted by Crippen LogP contribution is 2.39. The van der Waals surface area contributed by atoms with Crippen LogP contribution in [0, 0.1) is 5.92 Å². The third-order valence-corrected chi connectivity index (χ3v) is 7.54. The van der Waals surface area contributed by atoms with Crippen molar-refractivity contribution in [3.05, 3.63) is 0 Å². The summed E-state index contributed by atoms with van der Waals surface area (Å²) >= 11 is 0. The minimum atomic E-state index is -1.60. The lowest BCUT2D eigenvalue weighted by Crippen LogP contribution is -2.69. The summed E-state index contributed by atoms with van der Waals surface area (Å²) in [4.78, 5) is 16.3. The molecule has 11 N–H and O–H groups in total. The number of fused-ring (bicyclic) bond motifs is 1. The lowest BCUT2D eigenvalue weighted by atomic mass is 9.94. The van der Waals surface area contributed by atoms with Crippen LogP contribution in [-0.4, -0.2) is 160 Å². The Labute approximate surface area is 223 Å². The van der Waals surface area contributed by atoms with Gasteiger partial charge in [-0.2, -0.15) is 0 Å². The molecule has 0 bridgehead atoms. The van der Waals surface area contributed by atoms with Crippen LogP contribution in [0.1, 0.15) is 6.92 Å². The summed E-state index contributed by atoms with van der Waals surface area (Å²) in [7, 11) is 1.59. The molecule has 224 valence electrons. The number of nitrogens with two attached hydrogens (primary N) is 1. The van der Waals surface area contributed by atoms with E-state index in [1.165, 1.54) is 6.92 Å². The molecular formula is C22H38N4O13. The minimum Gasteiger partial charge on any atom is -0.459 e. The zero-order valence-corrected chi connectivity index (χ0v) is 21.4. The Morgan fingerprint density at radius 1 is 0.923 bits per heavy atom. The van der Waals surface area contributed by atoms with E-state index >= 15 is 0 Å². The number of aliphatic imine (C=N–C) groups is 1. The van der Waals surface area contributed by atoms with Crippen LogP contribution in [0.15, 0.2) is 4.99 Å². The van der Waals surface area contributed by atoms with Crippen molar-refractivity contribution in [2.45, 2.75) is 92.6 Å². The molecule has 0 aromatic heterocycles. The lowest BCUT2D eigenvalue weighted by molar-refractivity contribution is -0.337. The standard InChI is InChI=1S/C22H38N4O13/c1-6(30)25-12-16(34)19(38-20-10(23)14(32)13(31)8(4-28)35-20)9(5-29)36-21(12)37-18-7(3-27)17-11(15(18)33)26-22(24-2)39-17/h7-21,27-29,31-34H,3-5,23H2,1-2H3,(H,24,26)(H,25,30)/t7-,8+,9+,10+,11+,12+,13+,14-,15+,16-,17-,18+,19+,20-,21-/m0/s1. The highest BCUT2D eigenvalue weighted by Gasteiger charge is 2.58. The van der Waals surface area contributed by atoms with Crippen LogP contribution in [0.2, 0.25) is 0 Å². The smallest absolute Gasteiger partial charge is 0.285 e. The van der Waals surface area contributed by atoms with E-state index in [9.17, 15) is 40.5 Å². The average molecular weight is 567 g/mol. The van der Waals surface area contributed by atoms with Gasteiger partial charge in [0.05, 0.1) is 37.9 Å². The van der Waals surface area contributed by atoms with Crippen LogP contribution in [-0.2, 0) is 28.5 Å². The summed E-state index contributed by atoms with van der Waals surface area (Å²) < 4.78 is 28.8. The SMILES string of the molecule is CNC1=N[C@@H]2[C@@H](O)[C@H](O[C@@H]3O[C@H](CO)[C@@H](O[C@@H]4O[C@H](CO)[C@@H](O)[C@@H](O)[C@H]4N)[C@@H](O)[C@H]3NC(C)=O)[C@@H](CO)[C@@H]2O1. The first-order valence-corrected chi connectivity index (χ1v) is 12.7. The molecule has 0 unspecified atom stereocenters. The molecule has 17 heteroatoms. The summed E-state index contributed by atoms with van der Waals surface area (Å²) in [5, 5.41) is 77.3. The molecule has 17 nitrogen and oxygen atoms in total. The largest absolute Gasteiger partial charge is 0.459 e. The molecular weight excluding hydrogens is 528 g/mol. The fraction of sp³-hybridized carbons (Fsp3) is 0.909. The maximum atomic E-state index is 12.0. The number of ether oxygens (including phenoxy) is 5. The van der Waals surface area contributed by atoms with Crippen molar-refractivity contribution in [1.82, 2.24) is 10.6 Å². The van der Waals surface area contributed by atoms with Gasteiger partial charge in [-0.1, -0.05) is 0 Å². The van der Waals surface area contributed by atoms with E-state index < -0.39 is 117 Å².